The van der Waals surface area contributed by atoms with Crippen LogP contribution in [0, 0.1) is 0 Å². The van der Waals surface area contributed by atoms with E-state index in [0.717, 1.165) is 18.7 Å². The highest BCUT2D eigenvalue weighted by Gasteiger charge is 2.30. The number of hydrogen-bond donors (Lipinski definition) is 0. The third kappa shape index (κ3) is 3.99. The van der Waals surface area contributed by atoms with Gasteiger partial charge in [-0.05, 0) is 18.6 Å². The molecule has 2 aromatic rings. The zero-order valence-corrected chi connectivity index (χ0v) is 14.8. The van der Waals surface area contributed by atoms with E-state index >= 15 is 0 Å². The molecule has 25 heavy (non-hydrogen) atoms. The van der Waals surface area contributed by atoms with Crippen LogP contribution in [0.1, 0.15) is 6.42 Å². The maximum Gasteiger partial charge on any atom is 0.319 e. The second-order valence-electron chi connectivity index (χ2n) is 6.29. The summed E-state index contributed by atoms with van der Waals surface area (Å²) in [5.74, 6) is 1.88. The fourth-order valence-electron chi connectivity index (χ4n) is 2.86. The van der Waals surface area contributed by atoms with Gasteiger partial charge in [-0.2, -0.15) is 4.98 Å². The maximum atomic E-state index is 12.1. The van der Waals surface area contributed by atoms with Crippen molar-refractivity contribution in [2.45, 2.75) is 12.5 Å². The Hall–Kier alpha value is -2.83. The van der Waals surface area contributed by atoms with Crippen LogP contribution in [0.5, 0.6) is 11.6 Å². The predicted octanol–water partition coefficient (Wildman–Crippen LogP) is 2.46. The molecule has 0 bridgehead atoms. The van der Waals surface area contributed by atoms with Gasteiger partial charge in [-0.15, -0.1) is 0 Å². The Balaban J connectivity index is 1.67. The van der Waals surface area contributed by atoms with E-state index in [-0.39, 0.29) is 12.1 Å². The number of rotatable bonds is 4. The minimum atomic E-state index is 0.00827. The first-order chi connectivity index (χ1) is 12.0. The molecule has 2 heterocycles. The Labute approximate surface area is 147 Å². The molecule has 1 aliphatic heterocycles. The van der Waals surface area contributed by atoms with Gasteiger partial charge < -0.3 is 19.4 Å². The molecule has 0 saturated carbocycles. The summed E-state index contributed by atoms with van der Waals surface area (Å²) in [6, 6.07) is 11.4. The number of hydrogen-bond acceptors (Lipinski definition) is 5. The number of carbonyl (C=O) groups excluding carboxylic acids is 1. The molecular weight excluding hydrogens is 318 g/mol. The Morgan fingerprint density at radius 2 is 1.96 bits per heavy atom. The van der Waals surface area contributed by atoms with Crippen molar-refractivity contribution in [3.63, 3.8) is 0 Å². The third-order valence-electron chi connectivity index (χ3n) is 4.26. The van der Waals surface area contributed by atoms with Gasteiger partial charge >= 0.3 is 6.03 Å². The van der Waals surface area contributed by atoms with Crippen molar-refractivity contribution in [1.29, 1.82) is 0 Å². The van der Waals surface area contributed by atoms with Crippen molar-refractivity contribution in [3.8, 4) is 11.6 Å². The summed E-state index contributed by atoms with van der Waals surface area (Å²) in [5, 5.41) is 0. The second kappa shape index (κ2) is 7.38. The number of amides is 2. The lowest BCUT2D eigenvalue weighted by molar-refractivity contribution is 0.167. The highest BCUT2D eigenvalue weighted by atomic mass is 16.5. The maximum absolute atomic E-state index is 12.1. The van der Waals surface area contributed by atoms with Crippen LogP contribution in [0.15, 0.2) is 42.6 Å². The quantitative estimate of drug-likeness (QED) is 0.855. The molecule has 0 N–H and O–H groups in total. The van der Waals surface area contributed by atoms with E-state index < -0.39 is 0 Å². The number of nitrogens with zero attached hydrogens (tertiary/aromatic N) is 5. The molecule has 0 radical (unpaired) electrons. The minimum Gasteiger partial charge on any atom is -0.439 e. The van der Waals surface area contributed by atoms with Crippen LogP contribution in [0.3, 0.4) is 0 Å². The Kier molecular flexibility index (Phi) is 5.02. The molecule has 0 spiro atoms. The minimum absolute atomic E-state index is 0.00827. The average molecular weight is 341 g/mol. The topological polar surface area (TPSA) is 61.8 Å². The van der Waals surface area contributed by atoms with Gasteiger partial charge in [0.15, 0.2) is 0 Å². The van der Waals surface area contributed by atoms with Crippen molar-refractivity contribution in [1.82, 2.24) is 19.8 Å². The predicted molar refractivity (Wildman–Crippen MR) is 96.0 cm³/mol. The highest BCUT2D eigenvalue weighted by molar-refractivity contribution is 5.74. The number of aromatic nitrogens is 2. The number of carbonyl (C=O) groups is 1. The van der Waals surface area contributed by atoms with E-state index in [4.69, 9.17) is 4.74 Å². The third-order valence-corrected chi connectivity index (χ3v) is 4.26. The number of likely N-dealkylation sites (N-methyl/N-ethyl adjacent to an activating group) is 1. The first kappa shape index (κ1) is 17.0. The Bertz CT molecular complexity index is 722. The van der Waals surface area contributed by atoms with Crippen LogP contribution in [-0.2, 0) is 0 Å². The molecule has 1 unspecified atom stereocenters. The first-order valence-electron chi connectivity index (χ1n) is 8.29. The summed E-state index contributed by atoms with van der Waals surface area (Å²) in [5.41, 5.74) is 0. The standard InChI is InChI=1S/C18H23N5O2/c1-21(2)18(24)22(3)14-10-12-23(13-14)17-19-11-9-16(20-17)25-15-7-5-4-6-8-15/h4-9,11,14H,10,12-13H2,1-3H3. The first-order valence-corrected chi connectivity index (χ1v) is 8.29. The van der Waals surface area contributed by atoms with Gasteiger partial charge in [-0.25, -0.2) is 9.78 Å². The van der Waals surface area contributed by atoms with Gasteiger partial charge in [0.1, 0.15) is 5.75 Å². The fraction of sp³-hybridized carbons (Fsp3) is 0.389. The van der Waals surface area contributed by atoms with E-state index in [2.05, 4.69) is 14.9 Å². The molecule has 7 heteroatoms. The fourth-order valence-corrected chi connectivity index (χ4v) is 2.86. The zero-order chi connectivity index (χ0) is 17.8. The molecule has 1 fully saturated rings. The van der Waals surface area contributed by atoms with Crippen molar-refractivity contribution in [2.24, 2.45) is 0 Å². The molecule has 0 aliphatic carbocycles. The van der Waals surface area contributed by atoms with Crippen molar-refractivity contribution in [3.05, 3.63) is 42.6 Å². The molecule has 1 aromatic carbocycles. The van der Waals surface area contributed by atoms with Crippen LogP contribution >= 0.6 is 0 Å². The van der Waals surface area contributed by atoms with Crippen LogP contribution in [0.25, 0.3) is 0 Å². The Morgan fingerprint density at radius 1 is 1.20 bits per heavy atom. The van der Waals surface area contributed by atoms with Gasteiger partial charge in [-0.1, -0.05) is 18.2 Å². The SMILES string of the molecule is CN(C)C(=O)N(C)C1CCN(c2nccc(Oc3ccccc3)n2)C1. The van der Waals surface area contributed by atoms with Crippen LogP contribution in [-0.4, -0.2) is 66.1 Å². The lowest BCUT2D eigenvalue weighted by Crippen LogP contribution is -2.44. The van der Waals surface area contributed by atoms with Gasteiger partial charge in [0.25, 0.3) is 0 Å². The van der Waals surface area contributed by atoms with Crippen LogP contribution in [0.2, 0.25) is 0 Å². The summed E-state index contributed by atoms with van der Waals surface area (Å²) >= 11 is 0. The monoisotopic (exact) mass is 341 g/mol. The van der Waals surface area contributed by atoms with Crippen molar-refractivity contribution < 1.29 is 9.53 Å². The van der Waals surface area contributed by atoms with E-state index in [0.29, 0.717) is 18.4 Å². The van der Waals surface area contributed by atoms with Crippen LogP contribution in [0.4, 0.5) is 10.7 Å². The molecular formula is C18H23N5O2. The smallest absolute Gasteiger partial charge is 0.319 e. The summed E-state index contributed by atoms with van der Waals surface area (Å²) < 4.78 is 5.77. The zero-order valence-electron chi connectivity index (χ0n) is 14.8. The number of anilines is 1. The molecule has 132 valence electrons. The molecule has 1 saturated heterocycles. The number of ether oxygens (including phenoxy) is 1. The molecule has 2 amide bonds. The average Bonchev–Trinajstić information content (AvgIpc) is 3.11. The highest BCUT2D eigenvalue weighted by Crippen LogP contribution is 2.23. The molecule has 3 rings (SSSR count). The second-order valence-corrected chi connectivity index (χ2v) is 6.29. The van der Waals surface area contributed by atoms with Gasteiger partial charge in [0.05, 0.1) is 6.04 Å². The molecule has 1 atom stereocenters. The summed E-state index contributed by atoms with van der Waals surface area (Å²) in [7, 11) is 5.37. The van der Waals surface area contributed by atoms with Crippen molar-refractivity contribution in [2.75, 3.05) is 39.1 Å². The molecule has 1 aromatic heterocycles. The van der Waals surface area contributed by atoms with Gasteiger partial charge in [0.2, 0.25) is 11.8 Å². The summed E-state index contributed by atoms with van der Waals surface area (Å²) in [6.07, 6.45) is 2.59. The normalized spacial score (nSPS) is 16.6. The van der Waals surface area contributed by atoms with E-state index in [1.165, 1.54) is 0 Å². The summed E-state index contributed by atoms with van der Waals surface area (Å²) in [6.45, 7) is 1.52. The lowest BCUT2D eigenvalue weighted by atomic mass is 10.2. The van der Waals surface area contributed by atoms with E-state index in [1.807, 2.05) is 37.4 Å². The van der Waals surface area contributed by atoms with Crippen LogP contribution < -0.4 is 9.64 Å². The number of urea groups is 1. The number of benzene rings is 1. The number of para-hydroxylation sites is 1. The van der Waals surface area contributed by atoms with Gasteiger partial charge in [0, 0.05) is 46.5 Å². The van der Waals surface area contributed by atoms with Gasteiger partial charge in [-0.3, -0.25) is 0 Å². The Morgan fingerprint density at radius 3 is 2.68 bits per heavy atom. The molecule has 7 nitrogen and oxygen atoms in total. The largest absolute Gasteiger partial charge is 0.439 e. The van der Waals surface area contributed by atoms with E-state index in [9.17, 15) is 4.79 Å². The van der Waals surface area contributed by atoms with Crippen molar-refractivity contribution >= 4 is 12.0 Å². The van der Waals surface area contributed by atoms with E-state index in [1.54, 1.807) is 36.2 Å². The lowest BCUT2D eigenvalue weighted by Gasteiger charge is -2.27. The molecule has 1 aliphatic rings. The summed E-state index contributed by atoms with van der Waals surface area (Å²) in [4.78, 5) is 26.4.